The van der Waals surface area contributed by atoms with E-state index in [2.05, 4.69) is 11.6 Å². The van der Waals surface area contributed by atoms with Crippen molar-refractivity contribution in [2.75, 3.05) is 6.54 Å². The summed E-state index contributed by atoms with van der Waals surface area (Å²) in [7, 11) is 0. The van der Waals surface area contributed by atoms with Crippen molar-refractivity contribution in [3.8, 4) is 5.75 Å². The van der Waals surface area contributed by atoms with Crippen molar-refractivity contribution in [2.45, 2.75) is 19.4 Å². The minimum absolute atomic E-state index is 0.152. The molecule has 1 heterocycles. The molecule has 2 aromatic carbocycles. The van der Waals surface area contributed by atoms with Crippen LogP contribution in [0, 0.1) is 0 Å². The molecule has 8 nitrogen and oxygen atoms in total. The zero-order valence-corrected chi connectivity index (χ0v) is 18.6. The van der Waals surface area contributed by atoms with E-state index in [0.717, 1.165) is 5.56 Å². The molecule has 1 aliphatic heterocycles. The van der Waals surface area contributed by atoms with Gasteiger partial charge in [-0.2, -0.15) is 0 Å². The topological polar surface area (TPSA) is 117 Å². The molecule has 1 atom stereocenters. The Labute approximate surface area is 194 Å². The fourth-order valence-corrected chi connectivity index (χ4v) is 3.94. The number of nitrogens with zero attached hydrogens (tertiary/aromatic N) is 2. The Bertz CT molecular complexity index is 1120. The number of aliphatic imine (C=N–C) groups is 1. The highest BCUT2D eigenvalue weighted by molar-refractivity contribution is 8.18. The molecule has 0 saturated carbocycles. The standard InChI is InChI=1S/C24H22N2O6S/c1-3-13-26-21(27)20(33-24(26)25-17-9-7-16(8-10-17)22(28)29)14-15-5-11-18(12-6-15)32-19(4-2)23(30)31/h3,5-12,14,19H,1,4,13H2,2H3,(H,28,29)(H,30,31)/b20-14-,25-24?. The predicted molar refractivity (Wildman–Crippen MR) is 127 cm³/mol. The van der Waals surface area contributed by atoms with E-state index in [0.29, 0.717) is 27.9 Å². The van der Waals surface area contributed by atoms with E-state index in [4.69, 9.17) is 14.9 Å². The first-order chi connectivity index (χ1) is 15.8. The Morgan fingerprint density at radius 3 is 2.36 bits per heavy atom. The molecule has 1 saturated heterocycles. The summed E-state index contributed by atoms with van der Waals surface area (Å²) in [5.74, 6) is -1.85. The van der Waals surface area contributed by atoms with E-state index in [-0.39, 0.29) is 18.0 Å². The Balaban J connectivity index is 1.82. The maximum absolute atomic E-state index is 12.9. The van der Waals surface area contributed by atoms with Gasteiger partial charge in [0.15, 0.2) is 11.3 Å². The molecule has 1 amide bonds. The molecule has 9 heteroatoms. The molecule has 1 unspecified atom stereocenters. The van der Waals surface area contributed by atoms with Crippen LogP contribution in [0.2, 0.25) is 0 Å². The van der Waals surface area contributed by atoms with E-state index in [1.54, 1.807) is 55.5 Å². The Hall–Kier alpha value is -3.85. The normalized spacial score (nSPS) is 16.8. The summed E-state index contributed by atoms with van der Waals surface area (Å²) in [6, 6.07) is 12.9. The van der Waals surface area contributed by atoms with Crippen LogP contribution >= 0.6 is 11.8 Å². The predicted octanol–water partition coefficient (Wildman–Crippen LogP) is 4.42. The van der Waals surface area contributed by atoms with E-state index in [9.17, 15) is 14.4 Å². The summed E-state index contributed by atoms with van der Waals surface area (Å²) in [5.41, 5.74) is 1.42. The molecule has 2 N–H and O–H groups in total. The zero-order chi connectivity index (χ0) is 24.0. The van der Waals surface area contributed by atoms with Crippen LogP contribution in [0.1, 0.15) is 29.3 Å². The Morgan fingerprint density at radius 1 is 1.15 bits per heavy atom. The molecule has 2 aromatic rings. The molecule has 1 fully saturated rings. The van der Waals surface area contributed by atoms with Crippen LogP contribution < -0.4 is 4.74 Å². The lowest BCUT2D eigenvalue weighted by Gasteiger charge is -2.13. The second-order valence-electron chi connectivity index (χ2n) is 6.98. The van der Waals surface area contributed by atoms with Gasteiger partial charge in [-0.1, -0.05) is 25.1 Å². The fourth-order valence-electron chi connectivity index (χ4n) is 2.94. The van der Waals surface area contributed by atoms with E-state index >= 15 is 0 Å². The number of carbonyl (C=O) groups excluding carboxylic acids is 1. The van der Waals surface area contributed by atoms with Crippen molar-refractivity contribution in [2.24, 2.45) is 4.99 Å². The summed E-state index contributed by atoms with van der Waals surface area (Å²) >= 11 is 1.20. The number of benzene rings is 2. The largest absolute Gasteiger partial charge is 0.479 e. The van der Waals surface area contributed by atoms with Gasteiger partial charge in [0.05, 0.1) is 16.2 Å². The van der Waals surface area contributed by atoms with Gasteiger partial charge in [-0.3, -0.25) is 9.69 Å². The number of hydrogen-bond donors (Lipinski definition) is 2. The lowest BCUT2D eigenvalue weighted by Crippen LogP contribution is -2.29. The maximum Gasteiger partial charge on any atom is 0.344 e. The zero-order valence-electron chi connectivity index (χ0n) is 17.8. The first-order valence-corrected chi connectivity index (χ1v) is 10.9. The van der Waals surface area contributed by atoms with Gasteiger partial charge in [0, 0.05) is 6.54 Å². The third-order valence-corrected chi connectivity index (χ3v) is 5.65. The molecule has 0 aromatic heterocycles. The van der Waals surface area contributed by atoms with Gasteiger partial charge in [0.1, 0.15) is 5.75 Å². The van der Waals surface area contributed by atoms with E-state index in [1.165, 1.54) is 28.8 Å². The monoisotopic (exact) mass is 466 g/mol. The van der Waals surface area contributed by atoms with Gasteiger partial charge in [-0.05, 0) is 66.2 Å². The van der Waals surface area contributed by atoms with Gasteiger partial charge in [0.2, 0.25) is 0 Å². The summed E-state index contributed by atoms with van der Waals surface area (Å²) in [6.45, 7) is 5.70. The number of aromatic carboxylic acids is 1. The number of carboxylic acids is 2. The third-order valence-electron chi connectivity index (χ3n) is 4.64. The highest BCUT2D eigenvalue weighted by Gasteiger charge is 2.32. The van der Waals surface area contributed by atoms with Crippen molar-refractivity contribution in [1.29, 1.82) is 0 Å². The summed E-state index contributed by atoms with van der Waals surface area (Å²) in [5, 5.41) is 18.6. The first-order valence-electron chi connectivity index (χ1n) is 10.1. The second kappa shape index (κ2) is 10.6. The summed E-state index contributed by atoms with van der Waals surface area (Å²) < 4.78 is 5.46. The molecular weight excluding hydrogens is 444 g/mol. The number of carboxylic acid groups (broad SMARTS) is 2. The Morgan fingerprint density at radius 2 is 1.82 bits per heavy atom. The van der Waals surface area contributed by atoms with Crippen LogP contribution in [0.25, 0.3) is 6.08 Å². The SMILES string of the molecule is C=CCN1C(=O)/C(=C/c2ccc(OC(CC)C(=O)O)cc2)SC1=Nc1ccc(C(=O)O)cc1. The molecule has 1 aliphatic rings. The highest BCUT2D eigenvalue weighted by atomic mass is 32.2. The quantitative estimate of drug-likeness (QED) is 0.415. The van der Waals surface area contributed by atoms with Crippen LogP contribution in [0.4, 0.5) is 5.69 Å². The second-order valence-corrected chi connectivity index (χ2v) is 7.99. The molecule has 0 aliphatic carbocycles. The van der Waals surface area contributed by atoms with Crippen molar-refractivity contribution < 1.29 is 29.3 Å². The number of rotatable bonds is 9. The average Bonchev–Trinajstić information content (AvgIpc) is 3.07. The Kier molecular flexibility index (Phi) is 7.68. The number of ether oxygens (including phenoxy) is 1. The summed E-state index contributed by atoms with van der Waals surface area (Å²) in [6.07, 6.45) is 2.74. The van der Waals surface area contributed by atoms with Crippen LogP contribution in [0.15, 0.2) is 71.1 Å². The molecule has 0 bridgehead atoms. The fraction of sp³-hybridized carbons (Fsp3) is 0.167. The average molecular weight is 467 g/mol. The lowest BCUT2D eigenvalue weighted by molar-refractivity contribution is -0.145. The number of carbonyl (C=O) groups is 3. The van der Waals surface area contributed by atoms with Crippen molar-refractivity contribution in [3.63, 3.8) is 0 Å². The highest BCUT2D eigenvalue weighted by Crippen LogP contribution is 2.34. The minimum atomic E-state index is -1.03. The maximum atomic E-state index is 12.9. The molecule has 33 heavy (non-hydrogen) atoms. The van der Waals surface area contributed by atoms with Gasteiger partial charge in [-0.15, -0.1) is 6.58 Å². The van der Waals surface area contributed by atoms with Crippen LogP contribution in [0.5, 0.6) is 5.75 Å². The number of amides is 1. The first kappa shape index (κ1) is 23.8. The number of amidine groups is 1. The molecule has 170 valence electrons. The van der Waals surface area contributed by atoms with E-state index in [1.807, 2.05) is 0 Å². The van der Waals surface area contributed by atoms with Gasteiger partial charge in [-0.25, -0.2) is 14.6 Å². The molecule has 3 rings (SSSR count). The molecule has 0 spiro atoms. The molecular formula is C24H22N2O6S. The minimum Gasteiger partial charge on any atom is -0.479 e. The van der Waals surface area contributed by atoms with Crippen LogP contribution in [-0.4, -0.2) is 50.8 Å². The van der Waals surface area contributed by atoms with E-state index < -0.39 is 18.0 Å². The third kappa shape index (κ3) is 5.89. The van der Waals surface area contributed by atoms with Gasteiger partial charge >= 0.3 is 11.9 Å². The van der Waals surface area contributed by atoms with Gasteiger partial charge < -0.3 is 14.9 Å². The number of hydrogen-bond acceptors (Lipinski definition) is 6. The van der Waals surface area contributed by atoms with Gasteiger partial charge in [0.25, 0.3) is 5.91 Å². The van der Waals surface area contributed by atoms with Crippen molar-refractivity contribution in [1.82, 2.24) is 4.90 Å². The van der Waals surface area contributed by atoms with Crippen LogP contribution in [-0.2, 0) is 9.59 Å². The van der Waals surface area contributed by atoms with Crippen molar-refractivity contribution in [3.05, 3.63) is 77.2 Å². The molecule has 0 radical (unpaired) electrons. The number of thioether (sulfide) groups is 1. The number of aliphatic carboxylic acids is 1. The lowest BCUT2D eigenvalue weighted by atomic mass is 10.2. The summed E-state index contributed by atoms with van der Waals surface area (Å²) in [4.78, 5) is 41.5. The smallest absolute Gasteiger partial charge is 0.344 e. The van der Waals surface area contributed by atoms with Crippen molar-refractivity contribution >= 4 is 46.5 Å². The van der Waals surface area contributed by atoms with Crippen LogP contribution in [0.3, 0.4) is 0 Å².